The minimum absolute atomic E-state index is 0.0501. The second-order valence-corrected chi connectivity index (χ2v) is 5.99. The van der Waals surface area contributed by atoms with Gasteiger partial charge in [-0.05, 0) is 35.7 Å². The normalized spacial score (nSPS) is 15.7. The molecule has 1 aliphatic rings. The van der Waals surface area contributed by atoms with Gasteiger partial charge in [-0.1, -0.05) is 18.2 Å². The fourth-order valence-electron chi connectivity index (χ4n) is 2.84. The highest BCUT2D eigenvalue weighted by atomic mass is 16.5. The predicted molar refractivity (Wildman–Crippen MR) is 91.1 cm³/mol. The summed E-state index contributed by atoms with van der Waals surface area (Å²) in [5, 5.41) is 40.7. The van der Waals surface area contributed by atoms with E-state index in [0.29, 0.717) is 11.1 Å². The van der Waals surface area contributed by atoms with Crippen LogP contribution in [0.2, 0.25) is 0 Å². The Labute approximate surface area is 148 Å². The van der Waals surface area contributed by atoms with E-state index in [-0.39, 0.29) is 35.7 Å². The van der Waals surface area contributed by atoms with Crippen molar-refractivity contribution in [1.82, 2.24) is 5.32 Å². The van der Waals surface area contributed by atoms with E-state index in [1.165, 1.54) is 24.3 Å². The number of para-hydroxylation sites is 1. The van der Waals surface area contributed by atoms with E-state index in [4.69, 9.17) is 4.65 Å². The zero-order valence-electron chi connectivity index (χ0n) is 13.5. The summed E-state index contributed by atoms with van der Waals surface area (Å²) in [6, 6.07) is 8.67. The Bertz CT molecular complexity index is 870. The first kappa shape index (κ1) is 17.6. The van der Waals surface area contributed by atoms with Crippen LogP contribution < -0.4 is 9.97 Å². The SMILES string of the molecule is O=C(Cc1ccc(O)c(O)c1)N[C@H]1Cc2cccc(C(=O)O)c2OB1O. The van der Waals surface area contributed by atoms with Crippen LogP contribution in [0.25, 0.3) is 0 Å². The third kappa shape index (κ3) is 3.57. The van der Waals surface area contributed by atoms with Crippen LogP contribution in [0.5, 0.6) is 17.2 Å². The zero-order chi connectivity index (χ0) is 18.8. The summed E-state index contributed by atoms with van der Waals surface area (Å²) in [7, 11) is -1.39. The maximum atomic E-state index is 12.2. The lowest BCUT2D eigenvalue weighted by molar-refractivity contribution is -0.120. The van der Waals surface area contributed by atoms with E-state index in [1.54, 1.807) is 12.1 Å². The molecule has 0 saturated carbocycles. The van der Waals surface area contributed by atoms with Gasteiger partial charge in [0.05, 0.1) is 17.9 Å². The summed E-state index contributed by atoms with van der Waals surface area (Å²) in [4.78, 5) is 23.4. The molecule has 8 nitrogen and oxygen atoms in total. The van der Waals surface area contributed by atoms with E-state index in [9.17, 15) is 29.9 Å². The Balaban J connectivity index is 1.70. The lowest BCUT2D eigenvalue weighted by Crippen LogP contribution is -2.53. The predicted octanol–water partition coefficient (Wildman–Crippen LogP) is 0.478. The Hall–Kier alpha value is -3.20. The zero-order valence-corrected chi connectivity index (χ0v) is 13.5. The van der Waals surface area contributed by atoms with Crippen LogP contribution in [0.3, 0.4) is 0 Å². The lowest BCUT2D eigenvalue weighted by atomic mass is 9.72. The van der Waals surface area contributed by atoms with Gasteiger partial charge < -0.3 is 30.3 Å². The number of rotatable bonds is 4. The molecule has 1 aliphatic heterocycles. The standard InChI is InChI=1S/C17H16BNO7/c20-12-5-4-9(6-13(12)21)7-15(22)19-14-8-10-2-1-3-11(17(23)24)16(10)26-18(14)25/h1-6,14,20-21,25H,7-8H2,(H,19,22)(H,23,24)/t14-/m0/s1. The number of fused-ring (bicyclic) bond motifs is 1. The summed E-state index contributed by atoms with van der Waals surface area (Å²) in [6.45, 7) is 0. The van der Waals surface area contributed by atoms with E-state index < -0.39 is 24.9 Å². The summed E-state index contributed by atoms with van der Waals surface area (Å²) in [5.74, 6) is -2.84. The van der Waals surface area contributed by atoms with Gasteiger partial charge in [-0.2, -0.15) is 0 Å². The van der Waals surface area contributed by atoms with Crippen LogP contribution in [0.4, 0.5) is 0 Å². The number of carbonyl (C=O) groups excluding carboxylic acids is 1. The highest BCUT2D eigenvalue weighted by Gasteiger charge is 2.37. The summed E-state index contributed by atoms with van der Waals surface area (Å²) >= 11 is 0. The van der Waals surface area contributed by atoms with Crippen molar-refractivity contribution in [2.75, 3.05) is 0 Å². The Morgan fingerprint density at radius 1 is 1.19 bits per heavy atom. The molecule has 0 aromatic heterocycles. The molecule has 1 atom stereocenters. The summed E-state index contributed by atoms with van der Waals surface area (Å²) in [6.07, 6.45) is 0.142. The minimum atomic E-state index is -1.39. The highest BCUT2D eigenvalue weighted by molar-refractivity contribution is 6.47. The van der Waals surface area contributed by atoms with Crippen molar-refractivity contribution in [3.63, 3.8) is 0 Å². The van der Waals surface area contributed by atoms with Gasteiger partial charge in [-0.25, -0.2) is 4.79 Å². The largest absolute Gasteiger partial charge is 0.547 e. The van der Waals surface area contributed by atoms with E-state index >= 15 is 0 Å². The summed E-state index contributed by atoms with van der Waals surface area (Å²) in [5.41, 5.74) is 1.01. The van der Waals surface area contributed by atoms with E-state index in [2.05, 4.69) is 5.32 Å². The second-order valence-electron chi connectivity index (χ2n) is 5.99. The van der Waals surface area contributed by atoms with Gasteiger partial charge in [0.25, 0.3) is 0 Å². The molecule has 1 heterocycles. The number of aromatic carboxylic acids is 1. The first-order valence-corrected chi connectivity index (χ1v) is 7.85. The smallest absolute Gasteiger partial charge is 0.534 e. The molecule has 3 rings (SSSR count). The maximum absolute atomic E-state index is 12.2. The lowest BCUT2D eigenvalue weighted by Gasteiger charge is -2.28. The number of benzene rings is 2. The van der Waals surface area contributed by atoms with Crippen LogP contribution >= 0.6 is 0 Å². The van der Waals surface area contributed by atoms with Crippen molar-refractivity contribution in [3.05, 3.63) is 53.1 Å². The van der Waals surface area contributed by atoms with Gasteiger partial charge in [-0.15, -0.1) is 0 Å². The number of carboxylic acids is 1. The number of amides is 1. The molecule has 0 fully saturated rings. The molecule has 0 saturated heterocycles. The van der Waals surface area contributed by atoms with E-state index in [1.807, 2.05) is 0 Å². The number of aromatic hydroxyl groups is 2. The number of carboxylic acid groups (broad SMARTS) is 1. The topological polar surface area (TPSA) is 136 Å². The fraction of sp³-hybridized carbons (Fsp3) is 0.176. The summed E-state index contributed by atoms with van der Waals surface area (Å²) < 4.78 is 5.31. The molecule has 2 aromatic carbocycles. The van der Waals surface area contributed by atoms with Gasteiger partial charge in [0, 0.05) is 0 Å². The molecule has 2 aromatic rings. The average Bonchev–Trinajstić information content (AvgIpc) is 2.58. The molecule has 1 amide bonds. The molecule has 134 valence electrons. The highest BCUT2D eigenvalue weighted by Crippen LogP contribution is 2.30. The quantitative estimate of drug-likeness (QED) is 0.397. The minimum Gasteiger partial charge on any atom is -0.534 e. The Morgan fingerprint density at radius 2 is 1.96 bits per heavy atom. The molecule has 0 aliphatic carbocycles. The number of hydrogen-bond donors (Lipinski definition) is 5. The molecule has 0 spiro atoms. The van der Waals surface area contributed by atoms with Gasteiger partial charge >= 0.3 is 13.1 Å². The van der Waals surface area contributed by atoms with Crippen molar-refractivity contribution < 1.29 is 34.6 Å². The molecule has 0 radical (unpaired) electrons. The molecular formula is C17H16BNO7. The van der Waals surface area contributed by atoms with Crippen molar-refractivity contribution in [3.8, 4) is 17.2 Å². The third-order valence-corrected chi connectivity index (χ3v) is 4.10. The number of phenolic OH excluding ortho intramolecular Hbond substituents is 2. The van der Waals surface area contributed by atoms with Crippen LogP contribution in [-0.4, -0.2) is 45.3 Å². The van der Waals surface area contributed by atoms with Crippen molar-refractivity contribution in [1.29, 1.82) is 0 Å². The molecule has 0 bridgehead atoms. The van der Waals surface area contributed by atoms with Gasteiger partial charge in [0.15, 0.2) is 11.5 Å². The van der Waals surface area contributed by atoms with Crippen LogP contribution in [0.1, 0.15) is 21.5 Å². The molecule has 0 unspecified atom stereocenters. The molecular weight excluding hydrogens is 341 g/mol. The van der Waals surface area contributed by atoms with Crippen LogP contribution in [0, 0.1) is 0 Å². The number of nitrogens with one attached hydrogen (secondary N) is 1. The molecule has 9 heteroatoms. The first-order chi connectivity index (χ1) is 12.3. The second kappa shape index (κ2) is 6.97. The molecule has 5 N–H and O–H groups in total. The van der Waals surface area contributed by atoms with Crippen molar-refractivity contribution >= 4 is 19.0 Å². The first-order valence-electron chi connectivity index (χ1n) is 7.85. The number of phenols is 2. The average molecular weight is 357 g/mol. The van der Waals surface area contributed by atoms with Crippen LogP contribution in [0.15, 0.2) is 36.4 Å². The fourth-order valence-corrected chi connectivity index (χ4v) is 2.84. The van der Waals surface area contributed by atoms with Crippen LogP contribution in [-0.2, 0) is 17.6 Å². The van der Waals surface area contributed by atoms with Gasteiger partial charge in [-0.3, -0.25) is 4.79 Å². The monoisotopic (exact) mass is 357 g/mol. The van der Waals surface area contributed by atoms with Gasteiger partial charge in [0.1, 0.15) is 5.75 Å². The van der Waals surface area contributed by atoms with E-state index in [0.717, 1.165) is 0 Å². The van der Waals surface area contributed by atoms with Crippen molar-refractivity contribution in [2.24, 2.45) is 0 Å². The van der Waals surface area contributed by atoms with Crippen molar-refractivity contribution in [2.45, 2.75) is 18.8 Å². The third-order valence-electron chi connectivity index (χ3n) is 4.10. The number of hydrogen-bond acceptors (Lipinski definition) is 6. The Morgan fingerprint density at radius 3 is 2.65 bits per heavy atom. The Kier molecular flexibility index (Phi) is 4.72. The maximum Gasteiger partial charge on any atom is 0.547 e. The van der Waals surface area contributed by atoms with Gasteiger partial charge in [0.2, 0.25) is 5.91 Å². The molecule has 26 heavy (non-hydrogen) atoms. The number of carbonyl (C=O) groups is 2.